The van der Waals surface area contributed by atoms with E-state index in [1.807, 2.05) is 12.1 Å². The monoisotopic (exact) mass is 369 g/mol. The third kappa shape index (κ3) is 3.40. The first-order chi connectivity index (χ1) is 12.9. The Morgan fingerprint density at radius 3 is 2.56 bits per heavy atom. The Labute approximate surface area is 153 Å². The molecule has 1 aromatic carbocycles. The Morgan fingerprint density at radius 2 is 1.81 bits per heavy atom. The second-order valence-electron chi connectivity index (χ2n) is 6.28. The van der Waals surface area contributed by atoms with Crippen LogP contribution in [0.5, 0.6) is 0 Å². The van der Waals surface area contributed by atoms with Gasteiger partial charge in [0, 0.05) is 24.2 Å². The van der Waals surface area contributed by atoms with Crippen LogP contribution < -0.4 is 4.90 Å². The molecule has 1 amide bonds. The first-order valence-corrected chi connectivity index (χ1v) is 8.27. The Morgan fingerprint density at radius 1 is 1.04 bits per heavy atom. The summed E-state index contributed by atoms with van der Waals surface area (Å²) in [4.78, 5) is 22.3. The van der Waals surface area contributed by atoms with E-state index in [0.29, 0.717) is 29.1 Å². The van der Waals surface area contributed by atoms with Crippen molar-refractivity contribution in [3.63, 3.8) is 0 Å². The van der Waals surface area contributed by atoms with Gasteiger partial charge in [0.25, 0.3) is 0 Å². The third-order valence-corrected chi connectivity index (χ3v) is 4.47. The van der Waals surface area contributed by atoms with Crippen LogP contribution in [0.4, 0.5) is 18.9 Å². The van der Waals surface area contributed by atoms with E-state index in [9.17, 15) is 18.0 Å². The van der Waals surface area contributed by atoms with Crippen LogP contribution in [0, 0.1) is 0 Å². The van der Waals surface area contributed by atoms with E-state index >= 15 is 0 Å². The van der Waals surface area contributed by atoms with Gasteiger partial charge >= 0.3 is 6.18 Å². The molecule has 0 bridgehead atoms. The quantitative estimate of drug-likeness (QED) is 0.693. The van der Waals surface area contributed by atoms with Crippen molar-refractivity contribution >= 4 is 11.6 Å². The first kappa shape index (κ1) is 17.2. The number of benzene rings is 1. The van der Waals surface area contributed by atoms with Crippen LogP contribution in [0.3, 0.4) is 0 Å². The van der Waals surface area contributed by atoms with Crippen molar-refractivity contribution in [2.45, 2.75) is 19.1 Å². The molecular formula is C20H14F3N3O. The van der Waals surface area contributed by atoms with Gasteiger partial charge in [-0.1, -0.05) is 12.1 Å². The molecule has 4 nitrogen and oxygen atoms in total. The van der Waals surface area contributed by atoms with Crippen molar-refractivity contribution in [2.24, 2.45) is 0 Å². The van der Waals surface area contributed by atoms with Gasteiger partial charge in [-0.3, -0.25) is 14.8 Å². The van der Waals surface area contributed by atoms with Crippen LogP contribution >= 0.6 is 0 Å². The van der Waals surface area contributed by atoms with Gasteiger partial charge in [0.1, 0.15) is 0 Å². The summed E-state index contributed by atoms with van der Waals surface area (Å²) in [7, 11) is 0. The second-order valence-corrected chi connectivity index (χ2v) is 6.28. The number of carbonyl (C=O) groups excluding carboxylic acids is 1. The van der Waals surface area contributed by atoms with Crippen LogP contribution in [0.1, 0.15) is 16.8 Å². The van der Waals surface area contributed by atoms with Crippen LogP contribution in [0.2, 0.25) is 0 Å². The zero-order valence-corrected chi connectivity index (χ0v) is 14.1. The van der Waals surface area contributed by atoms with Gasteiger partial charge < -0.3 is 4.90 Å². The number of carbonyl (C=O) groups is 1. The largest absolute Gasteiger partial charge is 0.416 e. The first-order valence-electron chi connectivity index (χ1n) is 8.27. The number of aromatic nitrogens is 2. The summed E-state index contributed by atoms with van der Waals surface area (Å²) in [6.07, 6.45) is 0.576. The maximum Gasteiger partial charge on any atom is 0.416 e. The second kappa shape index (κ2) is 6.50. The number of fused-ring (bicyclic) bond motifs is 1. The fraction of sp³-hybridized carbons (Fsp3) is 0.150. The number of anilines is 1. The van der Waals surface area contributed by atoms with E-state index in [4.69, 9.17) is 0 Å². The topological polar surface area (TPSA) is 46.1 Å². The zero-order valence-electron chi connectivity index (χ0n) is 14.1. The Hall–Kier alpha value is -3.22. The summed E-state index contributed by atoms with van der Waals surface area (Å²) in [5.74, 6) is -0.0875. The maximum absolute atomic E-state index is 13.0. The molecule has 0 radical (unpaired) electrons. The molecule has 0 N–H and O–H groups in total. The molecule has 136 valence electrons. The number of pyridine rings is 2. The Bertz CT molecular complexity index is 1000. The molecule has 4 rings (SSSR count). The summed E-state index contributed by atoms with van der Waals surface area (Å²) < 4.78 is 39.0. The van der Waals surface area contributed by atoms with Gasteiger partial charge in [-0.05, 0) is 41.5 Å². The normalized spacial score (nSPS) is 13.7. The molecular weight excluding hydrogens is 355 g/mol. The van der Waals surface area contributed by atoms with Crippen molar-refractivity contribution in [2.75, 3.05) is 4.90 Å². The predicted octanol–water partition coefficient (Wildman–Crippen LogP) is 4.25. The van der Waals surface area contributed by atoms with Crippen molar-refractivity contribution in [3.8, 4) is 11.1 Å². The van der Waals surface area contributed by atoms with E-state index in [1.165, 1.54) is 12.3 Å². The zero-order chi connectivity index (χ0) is 19.0. The lowest BCUT2D eigenvalue weighted by atomic mass is 10.0. The minimum absolute atomic E-state index is 0.0875. The van der Waals surface area contributed by atoms with Gasteiger partial charge in [0.2, 0.25) is 5.91 Å². The summed E-state index contributed by atoms with van der Waals surface area (Å²) in [6.45, 7) is 0.363. The van der Waals surface area contributed by atoms with Gasteiger partial charge in [0.05, 0.1) is 29.9 Å². The minimum atomic E-state index is -4.41. The van der Waals surface area contributed by atoms with Gasteiger partial charge in [0.15, 0.2) is 0 Å². The Balaban J connectivity index is 1.70. The average molecular weight is 369 g/mol. The number of nitrogens with zero attached hydrogens (tertiary/aromatic N) is 3. The molecule has 0 spiro atoms. The van der Waals surface area contributed by atoms with E-state index in [1.54, 1.807) is 29.4 Å². The highest BCUT2D eigenvalue weighted by molar-refractivity contribution is 6.01. The highest BCUT2D eigenvalue weighted by Crippen LogP contribution is 2.35. The Kier molecular flexibility index (Phi) is 4.14. The molecule has 3 aromatic rings. The van der Waals surface area contributed by atoms with Crippen molar-refractivity contribution < 1.29 is 18.0 Å². The van der Waals surface area contributed by atoms with Crippen molar-refractivity contribution in [1.82, 2.24) is 9.97 Å². The van der Waals surface area contributed by atoms with E-state index < -0.39 is 11.7 Å². The van der Waals surface area contributed by atoms with Gasteiger partial charge in [-0.25, -0.2) is 0 Å². The molecule has 1 aliphatic rings. The molecule has 0 atom stereocenters. The predicted molar refractivity (Wildman–Crippen MR) is 93.8 cm³/mol. The van der Waals surface area contributed by atoms with Crippen LogP contribution in [-0.4, -0.2) is 15.9 Å². The lowest BCUT2D eigenvalue weighted by Gasteiger charge is -2.18. The molecule has 2 aromatic heterocycles. The molecule has 3 heterocycles. The number of halogens is 3. The molecule has 0 saturated carbocycles. The lowest BCUT2D eigenvalue weighted by molar-refractivity contribution is -0.137. The highest BCUT2D eigenvalue weighted by atomic mass is 19.4. The number of hydrogen-bond donors (Lipinski definition) is 0. The van der Waals surface area contributed by atoms with Crippen LogP contribution in [0.25, 0.3) is 11.1 Å². The van der Waals surface area contributed by atoms with Crippen molar-refractivity contribution in [1.29, 1.82) is 0 Å². The molecule has 0 fully saturated rings. The lowest BCUT2D eigenvalue weighted by Crippen LogP contribution is -2.26. The van der Waals surface area contributed by atoms with E-state index in [2.05, 4.69) is 9.97 Å². The molecule has 0 aliphatic carbocycles. The molecule has 0 unspecified atom stereocenters. The SMILES string of the molecule is O=C1Cc2ncc(-c3cccc(C(F)(F)F)c3)cc2N1Cc1ccncc1. The fourth-order valence-electron chi connectivity index (χ4n) is 3.10. The standard InChI is InChI=1S/C20H14F3N3O/c21-20(22,23)16-3-1-2-14(8-16)15-9-18-17(25-11-15)10-19(27)26(18)12-13-4-6-24-7-5-13/h1-9,11H,10,12H2. The van der Waals surface area contributed by atoms with Gasteiger partial charge in [-0.2, -0.15) is 13.2 Å². The smallest absolute Gasteiger partial charge is 0.306 e. The summed E-state index contributed by atoms with van der Waals surface area (Å²) in [5, 5.41) is 0. The minimum Gasteiger partial charge on any atom is -0.306 e. The molecule has 0 saturated heterocycles. The number of rotatable bonds is 3. The number of hydrogen-bond acceptors (Lipinski definition) is 3. The van der Waals surface area contributed by atoms with Crippen LogP contribution in [-0.2, 0) is 23.9 Å². The van der Waals surface area contributed by atoms with Gasteiger partial charge in [-0.15, -0.1) is 0 Å². The molecule has 7 heteroatoms. The summed E-state index contributed by atoms with van der Waals surface area (Å²) in [6, 6.07) is 10.4. The van der Waals surface area contributed by atoms with E-state index in [0.717, 1.165) is 17.7 Å². The van der Waals surface area contributed by atoms with Crippen molar-refractivity contribution in [3.05, 3.63) is 77.9 Å². The van der Waals surface area contributed by atoms with Crippen LogP contribution in [0.15, 0.2) is 61.1 Å². The molecule has 1 aliphatic heterocycles. The average Bonchev–Trinajstić information content (AvgIpc) is 2.97. The summed E-state index contributed by atoms with van der Waals surface area (Å²) in [5.41, 5.74) is 2.40. The third-order valence-electron chi connectivity index (χ3n) is 4.47. The fourth-order valence-corrected chi connectivity index (χ4v) is 3.10. The summed E-state index contributed by atoms with van der Waals surface area (Å²) >= 11 is 0. The molecule has 27 heavy (non-hydrogen) atoms. The number of amides is 1. The van der Waals surface area contributed by atoms with E-state index in [-0.39, 0.29) is 12.3 Å². The number of alkyl halides is 3. The highest BCUT2D eigenvalue weighted by Gasteiger charge is 2.31. The maximum atomic E-state index is 13.0.